The van der Waals surface area contributed by atoms with E-state index < -0.39 is 0 Å². The molecule has 110 valence electrons. The van der Waals surface area contributed by atoms with E-state index in [1.807, 2.05) is 18.2 Å². The van der Waals surface area contributed by atoms with Gasteiger partial charge in [-0.1, -0.05) is 16.8 Å². The number of hydrogen-bond acceptors (Lipinski definition) is 4. The largest absolute Gasteiger partial charge is 0.361 e. The van der Waals surface area contributed by atoms with Crippen molar-refractivity contribution in [1.29, 1.82) is 0 Å². The van der Waals surface area contributed by atoms with Gasteiger partial charge in [-0.25, -0.2) is 0 Å². The van der Waals surface area contributed by atoms with Crippen LogP contribution in [0.5, 0.6) is 0 Å². The van der Waals surface area contributed by atoms with Gasteiger partial charge < -0.3 is 9.84 Å². The molecule has 21 heavy (non-hydrogen) atoms. The van der Waals surface area contributed by atoms with E-state index in [9.17, 15) is 4.79 Å². The van der Waals surface area contributed by atoms with Crippen molar-refractivity contribution in [2.45, 2.75) is 31.2 Å². The van der Waals surface area contributed by atoms with Crippen molar-refractivity contribution in [3.63, 3.8) is 0 Å². The summed E-state index contributed by atoms with van der Waals surface area (Å²) in [7, 11) is 0. The summed E-state index contributed by atoms with van der Waals surface area (Å²) in [5.74, 6) is 1.37. The molecule has 0 aliphatic carbocycles. The van der Waals surface area contributed by atoms with Crippen LogP contribution in [0.3, 0.4) is 0 Å². The molecule has 1 amide bonds. The van der Waals surface area contributed by atoms with Crippen LogP contribution in [0.1, 0.15) is 39.8 Å². The third kappa shape index (κ3) is 2.80. The van der Waals surface area contributed by atoms with Gasteiger partial charge in [-0.15, -0.1) is 11.8 Å². The molecule has 1 N–H and O–H groups in total. The van der Waals surface area contributed by atoms with Crippen molar-refractivity contribution in [2.24, 2.45) is 0 Å². The second kappa shape index (κ2) is 5.73. The summed E-state index contributed by atoms with van der Waals surface area (Å²) in [5.41, 5.74) is 2.22. The maximum absolute atomic E-state index is 12.5. The molecule has 0 unspecified atom stereocenters. The standard InChI is InChI=1S/C15H15ClN2O2S/c1-8-14(9(2)20-18-8)15(19)17-12-5-6-21-13-4-3-10(16)7-11(12)13/h3-4,7,12H,5-6H2,1-2H3,(H,17,19)/t12-/m1/s1. The maximum Gasteiger partial charge on any atom is 0.257 e. The first-order valence-electron chi connectivity index (χ1n) is 6.72. The zero-order valence-corrected chi connectivity index (χ0v) is 13.3. The number of thioether (sulfide) groups is 1. The van der Waals surface area contributed by atoms with E-state index in [-0.39, 0.29) is 11.9 Å². The number of amides is 1. The van der Waals surface area contributed by atoms with Gasteiger partial charge in [-0.3, -0.25) is 4.79 Å². The van der Waals surface area contributed by atoms with Gasteiger partial charge in [0.05, 0.1) is 11.7 Å². The van der Waals surface area contributed by atoms with Crippen LogP contribution in [0, 0.1) is 13.8 Å². The fourth-order valence-electron chi connectivity index (χ4n) is 2.55. The Morgan fingerprint density at radius 2 is 2.29 bits per heavy atom. The van der Waals surface area contributed by atoms with Crippen LogP contribution >= 0.6 is 23.4 Å². The van der Waals surface area contributed by atoms with Gasteiger partial charge in [-0.05, 0) is 44.0 Å². The lowest BCUT2D eigenvalue weighted by molar-refractivity contribution is 0.0933. The summed E-state index contributed by atoms with van der Waals surface area (Å²) >= 11 is 7.87. The summed E-state index contributed by atoms with van der Waals surface area (Å²) in [6.07, 6.45) is 0.882. The predicted octanol–water partition coefficient (Wildman–Crippen LogP) is 3.91. The Morgan fingerprint density at radius 1 is 1.48 bits per heavy atom. The molecule has 0 fully saturated rings. The number of carbonyl (C=O) groups excluding carboxylic acids is 1. The van der Waals surface area contributed by atoms with E-state index in [2.05, 4.69) is 10.5 Å². The molecule has 1 aliphatic rings. The minimum absolute atomic E-state index is 0.0267. The molecule has 6 heteroatoms. The van der Waals surface area contributed by atoms with Crippen molar-refractivity contribution in [3.05, 3.63) is 45.8 Å². The lowest BCUT2D eigenvalue weighted by atomic mass is 10.0. The minimum atomic E-state index is -0.144. The fourth-order valence-corrected chi connectivity index (χ4v) is 3.84. The van der Waals surface area contributed by atoms with Crippen LogP contribution in [-0.2, 0) is 0 Å². The van der Waals surface area contributed by atoms with Crippen LogP contribution in [0.2, 0.25) is 5.02 Å². The Kier molecular flexibility index (Phi) is 3.95. The molecule has 2 heterocycles. The van der Waals surface area contributed by atoms with Gasteiger partial charge in [0.15, 0.2) is 0 Å². The first kappa shape index (κ1) is 14.5. The number of rotatable bonds is 2. The van der Waals surface area contributed by atoms with Crippen LogP contribution < -0.4 is 5.32 Å². The minimum Gasteiger partial charge on any atom is -0.361 e. The van der Waals surface area contributed by atoms with E-state index in [0.717, 1.165) is 17.7 Å². The van der Waals surface area contributed by atoms with E-state index in [1.54, 1.807) is 25.6 Å². The molecular formula is C15H15ClN2O2S. The molecule has 1 aromatic carbocycles. The average Bonchev–Trinajstić information content (AvgIpc) is 2.79. The second-order valence-electron chi connectivity index (χ2n) is 5.04. The number of aromatic nitrogens is 1. The van der Waals surface area contributed by atoms with Gasteiger partial charge in [0.25, 0.3) is 5.91 Å². The van der Waals surface area contributed by atoms with Crippen LogP contribution in [0.4, 0.5) is 0 Å². The quantitative estimate of drug-likeness (QED) is 0.910. The van der Waals surface area contributed by atoms with Gasteiger partial charge in [0, 0.05) is 15.7 Å². The Bertz CT molecular complexity index is 679. The lowest BCUT2D eigenvalue weighted by Crippen LogP contribution is -2.31. The number of benzene rings is 1. The molecule has 0 saturated carbocycles. The molecule has 2 aromatic rings. The number of nitrogens with zero attached hydrogens (tertiary/aromatic N) is 1. The van der Waals surface area contributed by atoms with E-state index in [1.165, 1.54) is 4.90 Å². The highest BCUT2D eigenvalue weighted by molar-refractivity contribution is 7.99. The zero-order chi connectivity index (χ0) is 15.0. The normalized spacial score (nSPS) is 17.4. The first-order chi connectivity index (χ1) is 10.1. The van der Waals surface area contributed by atoms with E-state index in [0.29, 0.717) is 22.0 Å². The number of halogens is 1. The summed E-state index contributed by atoms with van der Waals surface area (Å²) in [5, 5.41) is 7.59. The summed E-state index contributed by atoms with van der Waals surface area (Å²) in [6.45, 7) is 3.52. The number of aryl methyl sites for hydroxylation is 2. The summed E-state index contributed by atoms with van der Waals surface area (Å²) < 4.78 is 5.06. The highest BCUT2D eigenvalue weighted by Gasteiger charge is 2.25. The Hall–Kier alpha value is -1.46. The van der Waals surface area contributed by atoms with E-state index >= 15 is 0 Å². The first-order valence-corrected chi connectivity index (χ1v) is 8.08. The highest BCUT2D eigenvalue weighted by Crippen LogP contribution is 2.37. The van der Waals surface area contributed by atoms with Crippen molar-refractivity contribution >= 4 is 29.3 Å². The molecule has 0 bridgehead atoms. The molecule has 0 spiro atoms. The smallest absolute Gasteiger partial charge is 0.257 e. The molecule has 1 atom stereocenters. The predicted molar refractivity (Wildman–Crippen MR) is 83.0 cm³/mol. The number of fused-ring (bicyclic) bond motifs is 1. The van der Waals surface area contributed by atoms with Crippen LogP contribution in [-0.4, -0.2) is 16.8 Å². The van der Waals surface area contributed by atoms with Crippen LogP contribution in [0.25, 0.3) is 0 Å². The molecule has 1 aromatic heterocycles. The van der Waals surface area contributed by atoms with Gasteiger partial charge >= 0.3 is 0 Å². The van der Waals surface area contributed by atoms with E-state index in [4.69, 9.17) is 16.1 Å². The number of carbonyl (C=O) groups is 1. The lowest BCUT2D eigenvalue weighted by Gasteiger charge is -2.26. The average molecular weight is 323 g/mol. The highest BCUT2D eigenvalue weighted by atomic mass is 35.5. The Labute approximate surface area is 132 Å². The topological polar surface area (TPSA) is 55.1 Å². The third-order valence-corrected chi connectivity index (χ3v) is 4.93. The van der Waals surface area contributed by atoms with Crippen molar-refractivity contribution in [1.82, 2.24) is 10.5 Å². The Balaban J connectivity index is 1.87. The third-order valence-electron chi connectivity index (χ3n) is 3.58. The molecule has 0 saturated heterocycles. The zero-order valence-electron chi connectivity index (χ0n) is 11.8. The molecular weight excluding hydrogens is 308 g/mol. The Morgan fingerprint density at radius 3 is 3.00 bits per heavy atom. The molecule has 3 rings (SSSR count). The van der Waals surface area contributed by atoms with Gasteiger partial charge in [-0.2, -0.15) is 0 Å². The summed E-state index contributed by atoms with van der Waals surface area (Å²) in [4.78, 5) is 13.6. The number of hydrogen-bond donors (Lipinski definition) is 1. The molecule has 0 radical (unpaired) electrons. The molecule has 4 nitrogen and oxygen atoms in total. The van der Waals surface area contributed by atoms with Crippen molar-refractivity contribution in [3.8, 4) is 0 Å². The van der Waals surface area contributed by atoms with Crippen molar-refractivity contribution < 1.29 is 9.32 Å². The molecule has 1 aliphatic heterocycles. The maximum atomic E-state index is 12.5. The number of nitrogens with one attached hydrogen (secondary N) is 1. The SMILES string of the molecule is Cc1noc(C)c1C(=O)N[C@@H]1CCSc2ccc(Cl)cc21. The summed E-state index contributed by atoms with van der Waals surface area (Å²) in [6, 6.07) is 5.80. The van der Waals surface area contributed by atoms with Gasteiger partial charge in [0.2, 0.25) is 0 Å². The van der Waals surface area contributed by atoms with Crippen LogP contribution in [0.15, 0.2) is 27.6 Å². The fraction of sp³-hybridized carbons (Fsp3) is 0.333. The second-order valence-corrected chi connectivity index (χ2v) is 6.62. The van der Waals surface area contributed by atoms with Gasteiger partial charge in [0.1, 0.15) is 11.3 Å². The monoisotopic (exact) mass is 322 g/mol. The van der Waals surface area contributed by atoms with Crippen molar-refractivity contribution in [2.75, 3.05) is 5.75 Å².